The van der Waals surface area contributed by atoms with Crippen molar-refractivity contribution in [3.05, 3.63) is 76.4 Å². The van der Waals surface area contributed by atoms with Crippen molar-refractivity contribution < 1.29 is 17.9 Å². The van der Waals surface area contributed by atoms with Crippen LogP contribution in [0.3, 0.4) is 0 Å². The summed E-state index contributed by atoms with van der Waals surface area (Å²) < 4.78 is 46.4. The summed E-state index contributed by atoms with van der Waals surface area (Å²) in [7, 11) is 0. The van der Waals surface area contributed by atoms with Crippen molar-refractivity contribution in [3.8, 4) is 5.88 Å². The molecule has 146 valence electrons. The highest BCUT2D eigenvalue weighted by Gasteiger charge is 2.36. The first-order valence-corrected chi connectivity index (χ1v) is 9.32. The van der Waals surface area contributed by atoms with Crippen molar-refractivity contribution in [1.82, 2.24) is 9.97 Å². The molecule has 1 heterocycles. The number of hydrogen-bond acceptors (Lipinski definition) is 4. The van der Waals surface area contributed by atoms with Gasteiger partial charge >= 0.3 is 6.18 Å². The first-order valence-electron chi connectivity index (χ1n) is 8.52. The van der Waals surface area contributed by atoms with E-state index in [9.17, 15) is 13.2 Å². The molecule has 0 unspecified atom stereocenters. The topological polar surface area (TPSA) is 38.2 Å². The van der Waals surface area contributed by atoms with Crippen molar-refractivity contribution >= 4 is 27.6 Å². The third-order valence-corrected chi connectivity index (χ3v) is 4.44. The van der Waals surface area contributed by atoms with E-state index in [1.807, 2.05) is 37.3 Å². The van der Waals surface area contributed by atoms with Crippen LogP contribution >= 0.6 is 15.9 Å². The zero-order valence-electron chi connectivity index (χ0n) is 14.9. The Morgan fingerprint density at radius 1 is 1.07 bits per heavy atom. The van der Waals surface area contributed by atoms with Crippen LogP contribution in [0.5, 0.6) is 5.88 Å². The monoisotopic (exact) mass is 451 g/mol. The van der Waals surface area contributed by atoms with Gasteiger partial charge in [0.15, 0.2) is 0 Å². The lowest BCUT2D eigenvalue weighted by molar-refractivity contribution is -0.139. The molecule has 0 bridgehead atoms. The van der Waals surface area contributed by atoms with Crippen molar-refractivity contribution in [1.29, 1.82) is 0 Å². The third kappa shape index (κ3) is 4.81. The molecule has 0 aliphatic heterocycles. The van der Waals surface area contributed by atoms with Crippen LogP contribution in [0.25, 0.3) is 0 Å². The summed E-state index contributed by atoms with van der Waals surface area (Å²) in [4.78, 5) is 9.73. The summed E-state index contributed by atoms with van der Waals surface area (Å²) >= 11 is 3.39. The largest absolute Gasteiger partial charge is 0.472 e. The minimum Gasteiger partial charge on any atom is -0.472 e. The molecule has 0 saturated carbocycles. The maximum atomic E-state index is 13.4. The van der Waals surface area contributed by atoms with Gasteiger partial charge in [-0.25, -0.2) is 4.98 Å². The smallest absolute Gasteiger partial charge is 0.423 e. The normalized spacial score (nSPS) is 11.3. The maximum Gasteiger partial charge on any atom is 0.423 e. The maximum absolute atomic E-state index is 13.4. The summed E-state index contributed by atoms with van der Waals surface area (Å²) in [5.41, 5.74) is 0.498. The second-order valence-corrected chi connectivity index (χ2v) is 6.80. The number of hydrogen-bond donors (Lipinski definition) is 0. The Morgan fingerprint density at radius 3 is 2.46 bits per heavy atom. The van der Waals surface area contributed by atoms with Crippen molar-refractivity contribution in [2.75, 3.05) is 11.4 Å². The second kappa shape index (κ2) is 8.60. The van der Waals surface area contributed by atoms with Crippen LogP contribution in [0.1, 0.15) is 18.1 Å². The average Bonchev–Trinajstić information content (AvgIpc) is 2.67. The summed E-state index contributed by atoms with van der Waals surface area (Å²) in [5.74, 6) is -0.355. The number of halogens is 4. The minimum absolute atomic E-state index is 0.0244. The molecule has 0 amide bonds. The number of ether oxygens (including phenoxy) is 1. The molecule has 0 atom stereocenters. The molecule has 3 aromatic rings. The van der Waals surface area contributed by atoms with E-state index in [-0.39, 0.29) is 12.6 Å². The number of aromatic nitrogens is 2. The molecule has 0 N–H and O–H groups in total. The van der Waals surface area contributed by atoms with Gasteiger partial charge < -0.3 is 9.64 Å². The Labute approximate surface area is 169 Å². The fourth-order valence-corrected chi connectivity index (χ4v) is 2.99. The van der Waals surface area contributed by atoms with E-state index < -0.39 is 17.6 Å². The average molecular weight is 452 g/mol. The number of anilines is 2. The van der Waals surface area contributed by atoms with Gasteiger partial charge in [-0.15, -0.1) is 0 Å². The SMILES string of the molecule is CCN(c1cccc(Br)c1)c1ncc(C(F)(F)F)c(OCc2ccccc2)n1. The molecule has 0 aliphatic rings. The van der Waals surface area contributed by atoms with Crippen LogP contribution in [-0.2, 0) is 12.8 Å². The Balaban J connectivity index is 1.96. The second-order valence-electron chi connectivity index (χ2n) is 5.88. The zero-order chi connectivity index (χ0) is 20.1. The number of benzene rings is 2. The van der Waals surface area contributed by atoms with Gasteiger partial charge in [0.05, 0.1) is 0 Å². The Morgan fingerprint density at radius 2 is 1.82 bits per heavy atom. The van der Waals surface area contributed by atoms with E-state index >= 15 is 0 Å². The van der Waals surface area contributed by atoms with Gasteiger partial charge in [0, 0.05) is 22.9 Å². The van der Waals surface area contributed by atoms with Gasteiger partial charge in [0.1, 0.15) is 12.2 Å². The molecule has 0 fully saturated rings. The lowest BCUT2D eigenvalue weighted by atomic mass is 10.2. The summed E-state index contributed by atoms with van der Waals surface area (Å²) in [6.45, 7) is 2.32. The molecular formula is C20H17BrF3N3O. The molecule has 28 heavy (non-hydrogen) atoms. The lowest BCUT2D eigenvalue weighted by Gasteiger charge is -2.22. The number of rotatable bonds is 6. The summed E-state index contributed by atoms with van der Waals surface area (Å²) in [6, 6.07) is 16.3. The third-order valence-electron chi connectivity index (χ3n) is 3.94. The molecule has 0 spiro atoms. The van der Waals surface area contributed by atoms with Crippen LogP contribution in [0.2, 0.25) is 0 Å². The van der Waals surface area contributed by atoms with E-state index in [2.05, 4.69) is 25.9 Å². The van der Waals surface area contributed by atoms with Crippen LogP contribution < -0.4 is 9.64 Å². The van der Waals surface area contributed by atoms with Gasteiger partial charge in [-0.3, -0.25) is 0 Å². The molecule has 1 aromatic heterocycles. The van der Waals surface area contributed by atoms with E-state index in [1.165, 1.54) is 0 Å². The number of nitrogens with zero attached hydrogens (tertiary/aromatic N) is 3. The Hall–Kier alpha value is -2.61. The molecule has 2 aromatic carbocycles. The van der Waals surface area contributed by atoms with Crippen LogP contribution in [0, 0.1) is 0 Å². The number of alkyl halides is 3. The fourth-order valence-electron chi connectivity index (χ4n) is 2.60. The summed E-state index contributed by atoms with van der Waals surface area (Å²) in [6.07, 6.45) is -3.85. The molecule has 0 radical (unpaired) electrons. The van der Waals surface area contributed by atoms with Crippen LogP contribution in [-0.4, -0.2) is 16.5 Å². The zero-order valence-corrected chi connectivity index (χ0v) is 16.5. The first kappa shape index (κ1) is 20.1. The Bertz CT molecular complexity index is 935. The minimum atomic E-state index is -4.61. The van der Waals surface area contributed by atoms with Crippen LogP contribution in [0.4, 0.5) is 24.8 Å². The quantitative estimate of drug-likeness (QED) is 0.460. The predicted molar refractivity (Wildman–Crippen MR) is 105 cm³/mol. The molecule has 3 rings (SSSR count). The van der Waals surface area contributed by atoms with Gasteiger partial charge in [0.25, 0.3) is 0 Å². The highest BCUT2D eigenvalue weighted by atomic mass is 79.9. The molecule has 0 saturated heterocycles. The van der Waals surface area contributed by atoms with Gasteiger partial charge in [0.2, 0.25) is 11.8 Å². The van der Waals surface area contributed by atoms with E-state index in [0.717, 1.165) is 21.9 Å². The highest BCUT2D eigenvalue weighted by molar-refractivity contribution is 9.10. The van der Waals surface area contributed by atoms with E-state index in [1.54, 1.807) is 29.2 Å². The first-order chi connectivity index (χ1) is 13.4. The van der Waals surface area contributed by atoms with Crippen molar-refractivity contribution in [2.45, 2.75) is 19.7 Å². The highest BCUT2D eigenvalue weighted by Crippen LogP contribution is 2.36. The standard InChI is InChI=1S/C20H17BrF3N3O/c1-2-27(16-10-6-9-15(21)11-16)19-25-12-17(20(22,23)24)18(26-19)28-13-14-7-4-3-5-8-14/h3-12H,2,13H2,1H3. The molecule has 0 aliphatic carbocycles. The van der Waals surface area contributed by atoms with Gasteiger partial charge in [-0.05, 0) is 30.7 Å². The van der Waals surface area contributed by atoms with Gasteiger partial charge in [-0.1, -0.05) is 52.3 Å². The summed E-state index contributed by atoms with van der Waals surface area (Å²) in [5, 5.41) is 0. The molecule has 8 heteroatoms. The van der Waals surface area contributed by atoms with Gasteiger partial charge in [-0.2, -0.15) is 18.2 Å². The van der Waals surface area contributed by atoms with Crippen LogP contribution in [0.15, 0.2) is 65.3 Å². The fraction of sp³-hybridized carbons (Fsp3) is 0.200. The lowest BCUT2D eigenvalue weighted by Crippen LogP contribution is -2.20. The molecule has 4 nitrogen and oxygen atoms in total. The van der Waals surface area contributed by atoms with E-state index in [0.29, 0.717) is 6.54 Å². The van der Waals surface area contributed by atoms with Crippen molar-refractivity contribution in [2.24, 2.45) is 0 Å². The van der Waals surface area contributed by atoms with E-state index in [4.69, 9.17) is 4.74 Å². The predicted octanol–water partition coefficient (Wildman–Crippen LogP) is 5.99. The molecular weight excluding hydrogens is 435 g/mol. The Kier molecular flexibility index (Phi) is 6.18. The van der Waals surface area contributed by atoms with Crippen molar-refractivity contribution in [3.63, 3.8) is 0 Å².